The highest BCUT2D eigenvalue weighted by Gasteiger charge is 2.38. The maximum atomic E-state index is 13.2. The SMILES string of the molecule is CC(C)[C@H]1NC(=O)[C@H](c2ccc(C(C)(C)C)cc2)CN1C(=O)c1ccccc1. The summed E-state index contributed by atoms with van der Waals surface area (Å²) in [5.74, 6) is -0.299. The molecule has 4 heteroatoms. The number of amides is 2. The zero-order valence-corrected chi connectivity index (χ0v) is 17.4. The zero-order valence-electron chi connectivity index (χ0n) is 17.4. The van der Waals surface area contributed by atoms with E-state index in [1.54, 1.807) is 0 Å². The lowest BCUT2D eigenvalue weighted by Crippen LogP contribution is -2.61. The second-order valence-electron chi connectivity index (χ2n) is 8.95. The van der Waals surface area contributed by atoms with Gasteiger partial charge in [0.25, 0.3) is 5.91 Å². The van der Waals surface area contributed by atoms with Gasteiger partial charge in [0.1, 0.15) is 6.17 Å². The Hall–Kier alpha value is -2.62. The van der Waals surface area contributed by atoms with Crippen molar-refractivity contribution in [2.45, 2.75) is 52.1 Å². The molecule has 1 aliphatic heterocycles. The van der Waals surface area contributed by atoms with Gasteiger partial charge in [-0.25, -0.2) is 0 Å². The van der Waals surface area contributed by atoms with Crippen molar-refractivity contribution in [1.29, 1.82) is 0 Å². The van der Waals surface area contributed by atoms with E-state index in [2.05, 4.69) is 38.2 Å². The van der Waals surface area contributed by atoms with Crippen LogP contribution in [0.4, 0.5) is 0 Å². The van der Waals surface area contributed by atoms with E-state index in [0.717, 1.165) is 5.56 Å². The summed E-state index contributed by atoms with van der Waals surface area (Å²) >= 11 is 0. The maximum Gasteiger partial charge on any atom is 0.255 e. The second-order valence-corrected chi connectivity index (χ2v) is 8.95. The third-order valence-corrected chi connectivity index (χ3v) is 5.41. The fourth-order valence-corrected chi connectivity index (χ4v) is 3.67. The molecule has 2 amide bonds. The molecular formula is C24H30N2O2. The number of rotatable bonds is 3. The van der Waals surface area contributed by atoms with Gasteiger partial charge in [-0.3, -0.25) is 9.59 Å². The first-order chi connectivity index (χ1) is 13.2. The third kappa shape index (κ3) is 4.11. The molecule has 0 radical (unpaired) electrons. The van der Waals surface area contributed by atoms with Crippen molar-refractivity contribution in [1.82, 2.24) is 10.2 Å². The molecule has 0 saturated carbocycles. The van der Waals surface area contributed by atoms with Gasteiger partial charge in [-0.15, -0.1) is 0 Å². The Morgan fingerprint density at radius 3 is 2.18 bits per heavy atom. The van der Waals surface area contributed by atoms with E-state index < -0.39 is 0 Å². The van der Waals surface area contributed by atoms with Crippen molar-refractivity contribution in [3.05, 3.63) is 71.3 Å². The average molecular weight is 379 g/mol. The van der Waals surface area contributed by atoms with Crippen molar-refractivity contribution >= 4 is 11.8 Å². The smallest absolute Gasteiger partial charge is 0.255 e. The normalized spacial score (nSPS) is 20.2. The number of carbonyl (C=O) groups is 2. The van der Waals surface area contributed by atoms with Gasteiger partial charge in [0, 0.05) is 12.1 Å². The van der Waals surface area contributed by atoms with E-state index in [4.69, 9.17) is 0 Å². The Morgan fingerprint density at radius 2 is 1.64 bits per heavy atom. The van der Waals surface area contributed by atoms with Crippen LogP contribution >= 0.6 is 0 Å². The molecule has 148 valence electrons. The quantitative estimate of drug-likeness (QED) is 0.865. The summed E-state index contributed by atoms with van der Waals surface area (Å²) in [6, 6.07) is 17.5. The van der Waals surface area contributed by atoms with Crippen LogP contribution in [0.25, 0.3) is 0 Å². The molecule has 4 nitrogen and oxygen atoms in total. The molecule has 2 atom stereocenters. The third-order valence-electron chi connectivity index (χ3n) is 5.41. The van der Waals surface area contributed by atoms with E-state index in [0.29, 0.717) is 12.1 Å². The maximum absolute atomic E-state index is 13.2. The summed E-state index contributed by atoms with van der Waals surface area (Å²) in [7, 11) is 0. The number of carbonyl (C=O) groups excluding carboxylic acids is 2. The molecule has 0 aromatic heterocycles. The highest BCUT2D eigenvalue weighted by Crippen LogP contribution is 2.29. The fourth-order valence-electron chi connectivity index (χ4n) is 3.67. The number of hydrogen-bond donors (Lipinski definition) is 1. The first-order valence-corrected chi connectivity index (χ1v) is 9.95. The molecule has 0 unspecified atom stereocenters. The van der Waals surface area contributed by atoms with Crippen LogP contribution in [0, 0.1) is 5.92 Å². The molecule has 0 spiro atoms. The number of hydrogen-bond acceptors (Lipinski definition) is 2. The molecule has 1 N–H and O–H groups in total. The topological polar surface area (TPSA) is 49.4 Å². The molecule has 2 aromatic carbocycles. The number of nitrogens with zero attached hydrogens (tertiary/aromatic N) is 1. The Balaban J connectivity index is 1.90. The first-order valence-electron chi connectivity index (χ1n) is 9.95. The highest BCUT2D eigenvalue weighted by atomic mass is 16.2. The van der Waals surface area contributed by atoms with Crippen LogP contribution in [0.2, 0.25) is 0 Å². The lowest BCUT2D eigenvalue weighted by atomic mass is 9.85. The predicted octanol–water partition coefficient (Wildman–Crippen LogP) is 4.32. The van der Waals surface area contributed by atoms with Gasteiger partial charge in [0.15, 0.2) is 0 Å². The van der Waals surface area contributed by atoms with Crippen LogP contribution in [0.3, 0.4) is 0 Å². The molecule has 2 aromatic rings. The molecule has 1 saturated heterocycles. The van der Waals surface area contributed by atoms with E-state index in [9.17, 15) is 9.59 Å². The molecule has 0 aliphatic carbocycles. The minimum Gasteiger partial charge on any atom is -0.335 e. The second kappa shape index (κ2) is 7.78. The fraction of sp³-hybridized carbons (Fsp3) is 0.417. The zero-order chi connectivity index (χ0) is 20.5. The van der Waals surface area contributed by atoms with Gasteiger partial charge in [-0.2, -0.15) is 0 Å². The Morgan fingerprint density at radius 1 is 1.04 bits per heavy atom. The molecule has 0 bridgehead atoms. The first kappa shape index (κ1) is 20.1. The summed E-state index contributed by atoms with van der Waals surface area (Å²) < 4.78 is 0. The van der Waals surface area contributed by atoms with E-state index in [1.807, 2.05) is 61.2 Å². The van der Waals surface area contributed by atoms with E-state index >= 15 is 0 Å². The van der Waals surface area contributed by atoms with Crippen molar-refractivity contribution < 1.29 is 9.59 Å². The van der Waals surface area contributed by atoms with Crippen LogP contribution in [0.5, 0.6) is 0 Å². The summed E-state index contributed by atoms with van der Waals surface area (Å²) in [5.41, 5.74) is 2.88. The van der Waals surface area contributed by atoms with E-state index in [-0.39, 0.29) is 35.2 Å². The molecule has 28 heavy (non-hydrogen) atoms. The van der Waals surface area contributed by atoms with Crippen LogP contribution in [0.15, 0.2) is 54.6 Å². The number of nitrogens with one attached hydrogen (secondary N) is 1. The highest BCUT2D eigenvalue weighted by molar-refractivity contribution is 5.96. The lowest BCUT2D eigenvalue weighted by molar-refractivity contribution is -0.128. The summed E-state index contributed by atoms with van der Waals surface area (Å²) in [6.45, 7) is 10.9. The summed E-state index contributed by atoms with van der Waals surface area (Å²) in [6.07, 6.45) is -0.301. The van der Waals surface area contributed by atoms with Crippen molar-refractivity contribution in [3.8, 4) is 0 Å². The minimum absolute atomic E-state index is 0.0145. The van der Waals surface area contributed by atoms with Gasteiger partial charge in [0.05, 0.1) is 5.92 Å². The molecule has 1 aliphatic rings. The van der Waals surface area contributed by atoms with Crippen LogP contribution in [-0.4, -0.2) is 29.4 Å². The molecule has 1 fully saturated rings. The standard InChI is InChI=1S/C24H30N2O2/c1-16(2)21-25-22(27)20(17-11-13-19(14-12-17)24(3,4)5)15-26(21)23(28)18-9-7-6-8-10-18/h6-14,16,20-21H,15H2,1-5H3,(H,25,27)/t20-,21-/m0/s1. The van der Waals surface area contributed by atoms with Crippen molar-refractivity contribution in [3.63, 3.8) is 0 Å². The van der Waals surface area contributed by atoms with Gasteiger partial charge in [0.2, 0.25) is 5.91 Å². The lowest BCUT2D eigenvalue weighted by Gasteiger charge is -2.42. The Labute approximate surface area is 167 Å². The summed E-state index contributed by atoms with van der Waals surface area (Å²) in [4.78, 5) is 27.8. The van der Waals surface area contributed by atoms with Gasteiger partial charge in [-0.1, -0.05) is 77.1 Å². The predicted molar refractivity (Wildman–Crippen MR) is 112 cm³/mol. The average Bonchev–Trinajstić information content (AvgIpc) is 2.67. The monoisotopic (exact) mass is 378 g/mol. The molecule has 1 heterocycles. The molecule has 3 rings (SSSR count). The van der Waals surface area contributed by atoms with Gasteiger partial charge >= 0.3 is 0 Å². The molecular weight excluding hydrogens is 348 g/mol. The van der Waals surface area contributed by atoms with Crippen molar-refractivity contribution in [2.24, 2.45) is 5.92 Å². The van der Waals surface area contributed by atoms with E-state index in [1.165, 1.54) is 5.56 Å². The van der Waals surface area contributed by atoms with Crippen LogP contribution in [-0.2, 0) is 10.2 Å². The summed E-state index contributed by atoms with van der Waals surface area (Å²) in [5, 5.41) is 3.08. The van der Waals surface area contributed by atoms with Gasteiger partial charge in [-0.05, 0) is 34.6 Å². The van der Waals surface area contributed by atoms with Crippen LogP contribution in [0.1, 0.15) is 62.0 Å². The minimum atomic E-state index is -0.364. The van der Waals surface area contributed by atoms with Crippen LogP contribution < -0.4 is 5.32 Å². The number of benzene rings is 2. The van der Waals surface area contributed by atoms with Crippen molar-refractivity contribution in [2.75, 3.05) is 6.54 Å². The van der Waals surface area contributed by atoms with Gasteiger partial charge < -0.3 is 10.2 Å². The Bertz CT molecular complexity index is 835. The Kier molecular flexibility index (Phi) is 5.59. The largest absolute Gasteiger partial charge is 0.335 e.